The lowest BCUT2D eigenvalue weighted by molar-refractivity contribution is -0.145. The minimum atomic E-state index is -0.531. The zero-order valence-corrected chi connectivity index (χ0v) is 18.1. The van der Waals surface area contributed by atoms with E-state index in [-0.39, 0.29) is 29.6 Å². The second-order valence-corrected chi connectivity index (χ2v) is 7.11. The second-order valence-electron chi connectivity index (χ2n) is 5.85. The summed E-state index contributed by atoms with van der Waals surface area (Å²) in [5.41, 5.74) is 1.94. The van der Waals surface area contributed by atoms with Crippen molar-refractivity contribution in [3.05, 3.63) is 62.6 Å². The number of esters is 1. The summed E-state index contributed by atoms with van der Waals surface area (Å²) in [6, 6.07) is 12.3. The molecule has 0 unspecified atom stereocenters. The van der Waals surface area contributed by atoms with Gasteiger partial charge < -0.3 is 14.8 Å². The van der Waals surface area contributed by atoms with Gasteiger partial charge in [0.2, 0.25) is 0 Å². The highest BCUT2D eigenvalue weighted by Gasteiger charge is 2.14. The first-order valence-electron chi connectivity index (χ1n) is 8.62. The summed E-state index contributed by atoms with van der Waals surface area (Å²) in [6.45, 7) is 3.52. The Labute approximate surface area is 182 Å². The molecular weight excluding hydrogens is 460 g/mol. The van der Waals surface area contributed by atoms with E-state index in [9.17, 15) is 14.9 Å². The van der Waals surface area contributed by atoms with E-state index in [1.807, 2.05) is 25.1 Å². The fourth-order valence-corrected chi connectivity index (χ4v) is 3.34. The molecule has 0 spiro atoms. The van der Waals surface area contributed by atoms with E-state index in [1.54, 1.807) is 25.1 Å². The maximum Gasteiger partial charge on any atom is 0.344 e. The Bertz CT molecular complexity index is 975. The van der Waals surface area contributed by atoms with E-state index in [0.29, 0.717) is 15.7 Å². The Morgan fingerprint density at radius 3 is 2.66 bits per heavy atom. The molecule has 0 radical (unpaired) electrons. The molecule has 0 atom stereocenters. The van der Waals surface area contributed by atoms with Crippen LogP contribution in [-0.2, 0) is 14.3 Å². The average molecular weight is 478 g/mol. The lowest BCUT2D eigenvalue weighted by atomic mass is 10.1. The van der Waals surface area contributed by atoms with Gasteiger partial charge in [0.25, 0.3) is 5.91 Å². The molecular formula is C21H18BrClN2O4. The van der Waals surface area contributed by atoms with Gasteiger partial charge in [-0.2, -0.15) is 5.26 Å². The van der Waals surface area contributed by atoms with E-state index in [2.05, 4.69) is 21.2 Å². The number of hydrogen-bond donors (Lipinski definition) is 1. The lowest BCUT2D eigenvalue weighted by Crippen LogP contribution is -2.15. The van der Waals surface area contributed by atoms with Crippen molar-refractivity contribution in [2.45, 2.75) is 13.8 Å². The Balaban J connectivity index is 2.21. The fourth-order valence-electron chi connectivity index (χ4n) is 2.35. The molecule has 29 heavy (non-hydrogen) atoms. The van der Waals surface area contributed by atoms with Crippen LogP contribution in [0.5, 0.6) is 5.75 Å². The maximum absolute atomic E-state index is 12.5. The van der Waals surface area contributed by atoms with Gasteiger partial charge in [-0.05, 0) is 65.2 Å². The minimum absolute atomic E-state index is 0.0867. The van der Waals surface area contributed by atoms with E-state index in [1.165, 1.54) is 12.1 Å². The number of benzene rings is 2. The van der Waals surface area contributed by atoms with Gasteiger partial charge in [0, 0.05) is 5.69 Å². The minimum Gasteiger partial charge on any atom is -0.479 e. The predicted molar refractivity (Wildman–Crippen MR) is 115 cm³/mol. The molecule has 0 aliphatic heterocycles. The van der Waals surface area contributed by atoms with E-state index >= 15 is 0 Å². The second kappa shape index (κ2) is 10.6. The van der Waals surface area contributed by atoms with Crippen LogP contribution in [0.2, 0.25) is 5.02 Å². The molecule has 0 aliphatic carbocycles. The summed E-state index contributed by atoms with van der Waals surface area (Å²) in [5, 5.41) is 12.3. The lowest BCUT2D eigenvalue weighted by Gasteiger charge is -2.11. The molecule has 0 saturated heterocycles. The Kier molecular flexibility index (Phi) is 8.25. The number of nitriles is 1. The fraction of sp³-hybridized carbons (Fsp3) is 0.190. The third kappa shape index (κ3) is 6.34. The summed E-state index contributed by atoms with van der Waals surface area (Å²) < 4.78 is 10.7. The molecule has 150 valence electrons. The molecule has 2 aromatic rings. The number of ether oxygens (including phenoxy) is 2. The number of anilines is 1. The molecule has 2 aromatic carbocycles. The number of para-hydroxylation sites is 1. The third-order valence-electron chi connectivity index (χ3n) is 3.73. The van der Waals surface area contributed by atoms with Crippen LogP contribution < -0.4 is 10.1 Å². The molecule has 1 N–H and O–H groups in total. The third-order valence-corrected chi connectivity index (χ3v) is 4.60. The van der Waals surface area contributed by atoms with Gasteiger partial charge in [-0.15, -0.1) is 0 Å². The van der Waals surface area contributed by atoms with Crippen LogP contribution in [0.1, 0.15) is 18.1 Å². The standard InChI is InChI=1S/C21H18BrClN2O4/c1-3-28-19(26)12-29-20-16(22)9-14(10-17(20)23)8-15(11-24)21(27)25-18-7-5-4-6-13(18)2/h4-10H,3,12H2,1-2H3,(H,25,27)/b15-8-. The zero-order valence-electron chi connectivity index (χ0n) is 15.8. The summed E-state index contributed by atoms with van der Waals surface area (Å²) in [6.07, 6.45) is 1.42. The van der Waals surface area contributed by atoms with E-state index in [4.69, 9.17) is 21.1 Å². The highest BCUT2D eigenvalue weighted by molar-refractivity contribution is 9.10. The smallest absolute Gasteiger partial charge is 0.344 e. The predicted octanol–water partition coefficient (Wildman–Crippen LogP) is 4.90. The van der Waals surface area contributed by atoms with Gasteiger partial charge in [-0.1, -0.05) is 29.8 Å². The Hall–Kier alpha value is -2.82. The van der Waals surface area contributed by atoms with Gasteiger partial charge in [0.1, 0.15) is 11.6 Å². The molecule has 0 heterocycles. The largest absolute Gasteiger partial charge is 0.479 e. The van der Waals surface area contributed by atoms with Crippen molar-refractivity contribution in [2.75, 3.05) is 18.5 Å². The number of aryl methyl sites for hydroxylation is 1. The van der Waals surface area contributed by atoms with Gasteiger partial charge >= 0.3 is 5.97 Å². The molecule has 0 aromatic heterocycles. The Morgan fingerprint density at radius 1 is 1.31 bits per heavy atom. The highest BCUT2D eigenvalue weighted by atomic mass is 79.9. The van der Waals surface area contributed by atoms with Crippen LogP contribution in [0, 0.1) is 18.3 Å². The molecule has 0 saturated carbocycles. The maximum atomic E-state index is 12.5. The molecule has 2 rings (SSSR count). The van der Waals surface area contributed by atoms with E-state index in [0.717, 1.165) is 5.56 Å². The number of hydrogen-bond acceptors (Lipinski definition) is 5. The van der Waals surface area contributed by atoms with E-state index < -0.39 is 11.9 Å². The topological polar surface area (TPSA) is 88.4 Å². The SMILES string of the molecule is CCOC(=O)COc1c(Cl)cc(/C=C(/C#N)C(=O)Nc2ccccc2C)cc1Br. The monoisotopic (exact) mass is 476 g/mol. The van der Waals surface area contributed by atoms with Crippen LogP contribution in [-0.4, -0.2) is 25.1 Å². The van der Waals surface area contributed by atoms with Gasteiger partial charge in [0.05, 0.1) is 16.1 Å². The van der Waals surface area contributed by atoms with Gasteiger partial charge in [-0.3, -0.25) is 4.79 Å². The first kappa shape index (κ1) is 22.5. The van der Waals surface area contributed by atoms with Crippen molar-refractivity contribution in [3.63, 3.8) is 0 Å². The molecule has 0 aliphatic rings. The number of rotatable bonds is 7. The van der Waals surface area contributed by atoms with Crippen molar-refractivity contribution in [3.8, 4) is 11.8 Å². The summed E-state index contributed by atoms with van der Waals surface area (Å²) in [7, 11) is 0. The summed E-state index contributed by atoms with van der Waals surface area (Å²) in [4.78, 5) is 23.9. The van der Waals surface area contributed by atoms with Crippen molar-refractivity contribution in [2.24, 2.45) is 0 Å². The highest BCUT2D eigenvalue weighted by Crippen LogP contribution is 2.35. The van der Waals surface area contributed by atoms with Gasteiger partial charge in [-0.25, -0.2) is 4.79 Å². The Morgan fingerprint density at radius 2 is 2.03 bits per heavy atom. The molecule has 8 heteroatoms. The van der Waals surface area contributed by atoms with Crippen LogP contribution in [0.15, 0.2) is 46.4 Å². The first-order chi connectivity index (χ1) is 13.8. The summed E-state index contributed by atoms with van der Waals surface area (Å²) in [5.74, 6) is -0.782. The van der Waals surface area contributed by atoms with Crippen LogP contribution in [0.4, 0.5) is 5.69 Å². The number of nitrogens with zero attached hydrogens (tertiary/aromatic N) is 1. The van der Waals surface area contributed by atoms with Gasteiger partial charge in [0.15, 0.2) is 12.4 Å². The average Bonchev–Trinajstić information content (AvgIpc) is 2.67. The number of amides is 1. The molecule has 0 bridgehead atoms. The van der Waals surface area contributed by atoms with Crippen molar-refractivity contribution in [1.82, 2.24) is 0 Å². The van der Waals surface area contributed by atoms with Crippen molar-refractivity contribution >= 4 is 51.2 Å². The first-order valence-corrected chi connectivity index (χ1v) is 9.79. The normalized spacial score (nSPS) is 10.8. The number of halogens is 2. The number of carbonyl (C=O) groups is 2. The molecule has 6 nitrogen and oxygen atoms in total. The van der Waals surface area contributed by atoms with Crippen molar-refractivity contribution in [1.29, 1.82) is 5.26 Å². The van der Waals surface area contributed by atoms with Crippen LogP contribution >= 0.6 is 27.5 Å². The molecule has 0 fully saturated rings. The van der Waals surface area contributed by atoms with Crippen LogP contribution in [0.25, 0.3) is 6.08 Å². The van der Waals surface area contributed by atoms with Crippen LogP contribution in [0.3, 0.4) is 0 Å². The number of carbonyl (C=O) groups excluding carboxylic acids is 2. The molecule has 1 amide bonds. The number of nitrogens with one attached hydrogen (secondary N) is 1. The van der Waals surface area contributed by atoms with Crippen molar-refractivity contribution < 1.29 is 19.1 Å². The zero-order chi connectivity index (χ0) is 21.4. The quantitative estimate of drug-likeness (QED) is 0.348. The summed E-state index contributed by atoms with van der Waals surface area (Å²) >= 11 is 9.56.